The van der Waals surface area contributed by atoms with Gasteiger partial charge in [-0.3, -0.25) is 0 Å². The average Bonchev–Trinajstić information content (AvgIpc) is 2.72. The number of nitrogens with zero attached hydrogens (tertiary/aromatic N) is 2. The Kier molecular flexibility index (Phi) is 3.14. The molecule has 84 valence electrons. The van der Waals surface area contributed by atoms with E-state index in [1.54, 1.807) is 0 Å². The van der Waals surface area contributed by atoms with Gasteiger partial charge in [0.15, 0.2) is 6.23 Å². The molecule has 1 aliphatic rings. The molecule has 0 saturated carbocycles. The van der Waals surface area contributed by atoms with Crippen molar-refractivity contribution in [2.45, 2.75) is 24.9 Å². The second-order valence-electron chi connectivity index (χ2n) is 3.38. The Morgan fingerprint density at radius 2 is 2.40 bits per heavy atom. The van der Waals surface area contributed by atoms with Crippen LogP contribution in [0, 0.1) is 3.57 Å². The van der Waals surface area contributed by atoms with Crippen LogP contribution in [0.15, 0.2) is 6.20 Å². The molecule has 0 aliphatic carbocycles. The molecule has 7 heteroatoms. The number of halogens is 1. The van der Waals surface area contributed by atoms with E-state index in [4.69, 9.17) is 9.84 Å². The van der Waals surface area contributed by atoms with E-state index in [9.17, 15) is 10.2 Å². The number of aliphatic hydroxyl groups is 2. The number of hydrogen-bond donors (Lipinski definition) is 3. The van der Waals surface area contributed by atoms with E-state index in [2.05, 4.69) is 5.10 Å². The van der Waals surface area contributed by atoms with Crippen molar-refractivity contribution in [1.82, 2.24) is 9.78 Å². The number of aromatic hydroxyl groups is 1. The van der Waals surface area contributed by atoms with E-state index in [0.29, 0.717) is 9.99 Å². The summed E-state index contributed by atoms with van der Waals surface area (Å²) in [6.45, 7) is -0.239. The molecule has 1 aliphatic heterocycles. The normalized spacial score (nSPS) is 31.0. The summed E-state index contributed by atoms with van der Waals surface area (Å²) in [4.78, 5) is 0. The van der Waals surface area contributed by atoms with Crippen molar-refractivity contribution in [2.75, 3.05) is 6.61 Å². The van der Waals surface area contributed by atoms with Gasteiger partial charge in [-0.05, 0) is 22.6 Å². The smallest absolute Gasteiger partial charge is 0.225 e. The molecule has 1 aromatic rings. The fourth-order valence-corrected chi connectivity index (χ4v) is 1.95. The van der Waals surface area contributed by atoms with Crippen LogP contribution in [-0.4, -0.2) is 43.9 Å². The van der Waals surface area contributed by atoms with Crippen molar-refractivity contribution in [1.29, 1.82) is 0 Å². The van der Waals surface area contributed by atoms with E-state index in [0.717, 1.165) is 0 Å². The third-order valence-corrected chi connectivity index (χ3v) is 3.14. The van der Waals surface area contributed by atoms with Crippen molar-refractivity contribution in [3.8, 4) is 5.88 Å². The van der Waals surface area contributed by atoms with Gasteiger partial charge in [0, 0.05) is 6.42 Å². The summed E-state index contributed by atoms with van der Waals surface area (Å²) in [5.41, 5.74) is 0. The van der Waals surface area contributed by atoms with Crippen molar-refractivity contribution < 1.29 is 20.1 Å². The standard InChI is InChI=1S/C8H11IN2O4/c9-4-2-10-11(8(4)14)7-1-5(13)6(3-12)15-7/h2,5-7,12-14H,1,3H2. The van der Waals surface area contributed by atoms with Gasteiger partial charge in [0.25, 0.3) is 0 Å². The lowest BCUT2D eigenvalue weighted by molar-refractivity contribution is -0.0505. The summed E-state index contributed by atoms with van der Waals surface area (Å²) >= 11 is 1.95. The molecule has 3 unspecified atom stereocenters. The Bertz CT molecular complexity index is 356. The van der Waals surface area contributed by atoms with Gasteiger partial charge in [0.1, 0.15) is 6.10 Å². The molecule has 0 bridgehead atoms. The van der Waals surface area contributed by atoms with Crippen molar-refractivity contribution in [3.05, 3.63) is 9.77 Å². The Morgan fingerprint density at radius 1 is 1.67 bits per heavy atom. The number of aromatic nitrogens is 2. The van der Waals surface area contributed by atoms with Gasteiger partial charge in [-0.1, -0.05) is 0 Å². The maximum atomic E-state index is 9.61. The molecular formula is C8H11IN2O4. The van der Waals surface area contributed by atoms with E-state index in [1.165, 1.54) is 10.9 Å². The molecule has 3 N–H and O–H groups in total. The molecule has 0 spiro atoms. The summed E-state index contributed by atoms with van der Waals surface area (Å²) in [5, 5.41) is 32.0. The molecular weight excluding hydrogens is 315 g/mol. The predicted molar refractivity (Wildman–Crippen MR) is 58.2 cm³/mol. The van der Waals surface area contributed by atoms with Gasteiger partial charge in [0.05, 0.1) is 22.5 Å². The lowest BCUT2D eigenvalue weighted by atomic mass is 10.2. The first-order valence-electron chi connectivity index (χ1n) is 4.50. The van der Waals surface area contributed by atoms with Gasteiger partial charge < -0.3 is 20.1 Å². The molecule has 0 radical (unpaired) electrons. The molecule has 3 atom stereocenters. The molecule has 1 aromatic heterocycles. The Balaban J connectivity index is 2.17. The molecule has 0 aromatic carbocycles. The van der Waals surface area contributed by atoms with E-state index in [-0.39, 0.29) is 12.5 Å². The molecule has 2 heterocycles. The fourth-order valence-electron chi connectivity index (χ4n) is 1.57. The first kappa shape index (κ1) is 11.1. The fraction of sp³-hybridized carbons (Fsp3) is 0.625. The molecule has 15 heavy (non-hydrogen) atoms. The Labute approximate surface area is 99.6 Å². The first-order chi connectivity index (χ1) is 7.13. The molecule has 1 fully saturated rings. The predicted octanol–water partition coefficient (Wildman–Crippen LogP) is -0.166. The van der Waals surface area contributed by atoms with Crippen LogP contribution in [0.5, 0.6) is 5.88 Å². The maximum absolute atomic E-state index is 9.61. The maximum Gasteiger partial charge on any atom is 0.225 e. The third kappa shape index (κ3) is 1.96. The van der Waals surface area contributed by atoms with Crippen LogP contribution in [0.25, 0.3) is 0 Å². The lowest BCUT2D eigenvalue weighted by Crippen LogP contribution is -2.24. The highest BCUT2D eigenvalue weighted by Gasteiger charge is 2.36. The summed E-state index contributed by atoms with van der Waals surface area (Å²) in [7, 11) is 0. The Hall–Kier alpha value is -0.380. The highest BCUT2D eigenvalue weighted by molar-refractivity contribution is 14.1. The van der Waals surface area contributed by atoms with Crippen LogP contribution in [0.2, 0.25) is 0 Å². The largest absolute Gasteiger partial charge is 0.493 e. The first-order valence-corrected chi connectivity index (χ1v) is 5.57. The molecule has 0 amide bonds. The zero-order valence-electron chi connectivity index (χ0n) is 7.75. The van der Waals surface area contributed by atoms with Crippen LogP contribution in [0.4, 0.5) is 0 Å². The second-order valence-corrected chi connectivity index (χ2v) is 4.54. The zero-order valence-corrected chi connectivity index (χ0v) is 9.90. The third-order valence-electron chi connectivity index (χ3n) is 2.38. The number of aliphatic hydroxyl groups excluding tert-OH is 2. The van der Waals surface area contributed by atoms with E-state index < -0.39 is 18.4 Å². The summed E-state index contributed by atoms with van der Waals surface area (Å²) in [6, 6.07) is 0. The van der Waals surface area contributed by atoms with E-state index >= 15 is 0 Å². The number of ether oxygens (including phenoxy) is 1. The van der Waals surface area contributed by atoms with Gasteiger partial charge in [-0.2, -0.15) is 5.10 Å². The molecule has 6 nitrogen and oxygen atoms in total. The van der Waals surface area contributed by atoms with Crippen LogP contribution >= 0.6 is 22.6 Å². The average molecular weight is 326 g/mol. The summed E-state index contributed by atoms with van der Waals surface area (Å²) in [5.74, 6) is 0.0198. The van der Waals surface area contributed by atoms with Crippen LogP contribution in [-0.2, 0) is 4.74 Å². The highest BCUT2D eigenvalue weighted by atomic mass is 127. The highest BCUT2D eigenvalue weighted by Crippen LogP contribution is 2.32. The Morgan fingerprint density at radius 3 is 2.87 bits per heavy atom. The van der Waals surface area contributed by atoms with Gasteiger partial charge in [0.2, 0.25) is 5.88 Å². The topological polar surface area (TPSA) is 87.7 Å². The summed E-state index contributed by atoms with van der Waals surface area (Å²) in [6.07, 6.45) is -0.00718. The van der Waals surface area contributed by atoms with Gasteiger partial charge in [-0.25, -0.2) is 4.68 Å². The number of hydrogen-bond acceptors (Lipinski definition) is 5. The SMILES string of the molecule is OCC1OC(n2ncc(I)c2O)CC1O. The minimum Gasteiger partial charge on any atom is -0.493 e. The van der Waals surface area contributed by atoms with Crippen molar-refractivity contribution in [3.63, 3.8) is 0 Å². The lowest BCUT2D eigenvalue weighted by Gasteiger charge is -2.12. The monoisotopic (exact) mass is 326 g/mol. The van der Waals surface area contributed by atoms with Crippen LogP contribution in [0.3, 0.4) is 0 Å². The molecule has 1 saturated heterocycles. The van der Waals surface area contributed by atoms with Gasteiger partial charge >= 0.3 is 0 Å². The van der Waals surface area contributed by atoms with Gasteiger partial charge in [-0.15, -0.1) is 0 Å². The van der Waals surface area contributed by atoms with Crippen LogP contribution < -0.4 is 0 Å². The van der Waals surface area contributed by atoms with Crippen molar-refractivity contribution >= 4 is 22.6 Å². The molecule has 2 rings (SSSR count). The quantitative estimate of drug-likeness (QED) is 0.657. The summed E-state index contributed by atoms with van der Waals surface area (Å²) < 4.78 is 7.27. The van der Waals surface area contributed by atoms with E-state index in [1.807, 2.05) is 22.6 Å². The van der Waals surface area contributed by atoms with Crippen molar-refractivity contribution in [2.24, 2.45) is 0 Å². The van der Waals surface area contributed by atoms with Crippen LogP contribution in [0.1, 0.15) is 12.6 Å². The zero-order chi connectivity index (χ0) is 11.0. The second kappa shape index (κ2) is 4.24. The minimum atomic E-state index is -0.721. The number of rotatable bonds is 2. The minimum absolute atomic E-state index is 0.0198.